The molecule has 0 fully saturated rings. The molecule has 1 N–H and O–H groups in total. The van der Waals surface area contributed by atoms with Gasteiger partial charge in [0.1, 0.15) is 10.7 Å². The van der Waals surface area contributed by atoms with Gasteiger partial charge >= 0.3 is 0 Å². The molecule has 1 aliphatic heterocycles. The van der Waals surface area contributed by atoms with E-state index in [1.165, 1.54) is 6.42 Å². The number of hydrogen-bond donors (Lipinski definition) is 1. The monoisotopic (exact) mass is 304 g/mol. The third kappa shape index (κ3) is 2.85. The van der Waals surface area contributed by atoms with Crippen molar-refractivity contribution >= 4 is 17.2 Å². The molecule has 0 atom stereocenters. The van der Waals surface area contributed by atoms with Gasteiger partial charge in [-0.05, 0) is 46.1 Å². The van der Waals surface area contributed by atoms with Gasteiger partial charge in [-0.2, -0.15) is 5.10 Å². The normalized spacial score (nSPS) is 14.8. The summed E-state index contributed by atoms with van der Waals surface area (Å²) in [6.07, 6.45) is 5.16. The molecule has 0 aliphatic carbocycles. The zero-order valence-electron chi connectivity index (χ0n) is 12.6. The van der Waals surface area contributed by atoms with Crippen LogP contribution in [0.25, 0.3) is 0 Å². The zero-order chi connectivity index (χ0) is 15.0. The minimum Gasteiger partial charge on any atom is -0.339 e. The molecule has 1 aliphatic rings. The molecule has 0 radical (unpaired) electrons. The second kappa shape index (κ2) is 5.26. The van der Waals surface area contributed by atoms with E-state index in [-0.39, 0.29) is 5.91 Å². The van der Waals surface area contributed by atoms with E-state index in [1.54, 1.807) is 11.3 Å². The van der Waals surface area contributed by atoms with Crippen molar-refractivity contribution < 1.29 is 4.79 Å². The van der Waals surface area contributed by atoms with E-state index < -0.39 is 5.54 Å². The van der Waals surface area contributed by atoms with Gasteiger partial charge in [0.15, 0.2) is 0 Å². The minimum atomic E-state index is -0.486. The number of nitrogens with zero attached hydrogens (tertiary/aromatic N) is 3. The minimum absolute atomic E-state index is 0.130. The van der Waals surface area contributed by atoms with Crippen molar-refractivity contribution in [2.45, 2.75) is 52.1 Å². The first-order chi connectivity index (χ1) is 9.95. The lowest BCUT2D eigenvalue weighted by Gasteiger charge is -2.23. The number of amides is 1. The smallest absolute Gasteiger partial charge is 0.272 e. The van der Waals surface area contributed by atoms with Crippen molar-refractivity contribution in [3.63, 3.8) is 0 Å². The van der Waals surface area contributed by atoms with Gasteiger partial charge in [0.2, 0.25) is 0 Å². The van der Waals surface area contributed by atoms with Crippen LogP contribution in [0.3, 0.4) is 0 Å². The molecule has 3 rings (SSSR count). The first kappa shape index (κ1) is 14.3. The molecule has 2 aromatic heterocycles. The number of nitrogens with one attached hydrogen (secondary N) is 1. The number of rotatable bonds is 3. The predicted octanol–water partition coefficient (Wildman–Crippen LogP) is 2.65. The van der Waals surface area contributed by atoms with Crippen LogP contribution in [0.5, 0.6) is 0 Å². The third-order valence-corrected chi connectivity index (χ3v) is 4.97. The van der Waals surface area contributed by atoms with Crippen molar-refractivity contribution in [2.75, 3.05) is 0 Å². The van der Waals surface area contributed by atoms with E-state index in [9.17, 15) is 4.79 Å². The van der Waals surface area contributed by atoms with E-state index in [1.807, 2.05) is 37.7 Å². The lowest BCUT2D eigenvalue weighted by atomic mass is 10.1. The van der Waals surface area contributed by atoms with E-state index in [4.69, 9.17) is 0 Å². The summed E-state index contributed by atoms with van der Waals surface area (Å²) in [6, 6.07) is 1.91. The van der Waals surface area contributed by atoms with Crippen LogP contribution in [0.4, 0.5) is 0 Å². The summed E-state index contributed by atoms with van der Waals surface area (Å²) in [7, 11) is 0. The molecule has 21 heavy (non-hydrogen) atoms. The third-order valence-electron chi connectivity index (χ3n) is 3.73. The van der Waals surface area contributed by atoms with Crippen LogP contribution in [0, 0.1) is 6.92 Å². The zero-order valence-corrected chi connectivity index (χ0v) is 13.5. The van der Waals surface area contributed by atoms with Crippen LogP contribution in [-0.4, -0.2) is 20.7 Å². The fourth-order valence-electron chi connectivity index (χ4n) is 2.57. The Kier molecular flexibility index (Phi) is 3.57. The maximum atomic E-state index is 12.4. The first-order valence-corrected chi connectivity index (χ1v) is 8.09. The Bertz CT molecular complexity index is 648. The highest BCUT2D eigenvalue weighted by Gasteiger charge is 2.28. The van der Waals surface area contributed by atoms with E-state index in [0.717, 1.165) is 35.0 Å². The molecule has 0 spiro atoms. The highest BCUT2D eigenvalue weighted by molar-refractivity contribution is 7.11. The van der Waals surface area contributed by atoms with Gasteiger partial charge < -0.3 is 5.32 Å². The fourth-order valence-corrected chi connectivity index (χ4v) is 3.40. The molecular weight excluding hydrogens is 284 g/mol. The van der Waals surface area contributed by atoms with Crippen LogP contribution in [0.2, 0.25) is 0 Å². The number of carbonyl (C=O) groups is 1. The first-order valence-electron chi connectivity index (χ1n) is 7.28. The van der Waals surface area contributed by atoms with Gasteiger partial charge in [-0.1, -0.05) is 0 Å². The Morgan fingerprint density at radius 1 is 1.43 bits per heavy atom. The highest BCUT2D eigenvalue weighted by atomic mass is 32.1. The van der Waals surface area contributed by atoms with Crippen LogP contribution >= 0.6 is 11.3 Å². The Morgan fingerprint density at radius 3 is 2.90 bits per heavy atom. The van der Waals surface area contributed by atoms with Crippen molar-refractivity contribution in [1.29, 1.82) is 0 Å². The lowest BCUT2D eigenvalue weighted by Crippen LogP contribution is -2.41. The summed E-state index contributed by atoms with van der Waals surface area (Å²) in [4.78, 5) is 18.0. The second-order valence-electron chi connectivity index (χ2n) is 6.06. The summed E-state index contributed by atoms with van der Waals surface area (Å²) >= 11 is 1.61. The van der Waals surface area contributed by atoms with Gasteiger partial charge in [0.05, 0.1) is 5.54 Å². The molecule has 5 nitrogen and oxygen atoms in total. The molecule has 6 heteroatoms. The molecule has 1 amide bonds. The Balaban J connectivity index is 1.78. The molecule has 3 heterocycles. The topological polar surface area (TPSA) is 59.8 Å². The van der Waals surface area contributed by atoms with Crippen molar-refractivity contribution in [3.8, 4) is 0 Å². The van der Waals surface area contributed by atoms with Gasteiger partial charge in [-0.15, -0.1) is 11.3 Å². The molecule has 2 aromatic rings. The average Bonchev–Trinajstić information content (AvgIpc) is 3.04. The number of hydrogen-bond acceptors (Lipinski definition) is 4. The molecular formula is C15H20N4OS. The molecule has 0 aromatic carbocycles. The average molecular weight is 304 g/mol. The summed E-state index contributed by atoms with van der Waals surface area (Å²) in [5, 5.41) is 8.38. The van der Waals surface area contributed by atoms with Gasteiger partial charge in [0, 0.05) is 23.3 Å². The quantitative estimate of drug-likeness (QED) is 0.948. The van der Waals surface area contributed by atoms with Gasteiger partial charge in [-0.25, -0.2) is 4.98 Å². The number of carbonyl (C=O) groups excluding carboxylic acids is 1. The summed E-state index contributed by atoms with van der Waals surface area (Å²) in [6.45, 7) is 6.87. The maximum Gasteiger partial charge on any atom is 0.272 e. The SMILES string of the molecule is Cc1cnc(C(C)(C)NC(=O)c2cc3n(n2)CCCC3)s1. The Morgan fingerprint density at radius 2 is 2.24 bits per heavy atom. The predicted molar refractivity (Wildman–Crippen MR) is 82.5 cm³/mol. The summed E-state index contributed by atoms with van der Waals surface area (Å²) < 4.78 is 1.96. The number of fused-ring (bicyclic) bond motifs is 1. The van der Waals surface area contributed by atoms with Gasteiger partial charge in [0.25, 0.3) is 5.91 Å². The molecule has 112 valence electrons. The molecule has 0 saturated carbocycles. The molecule has 0 bridgehead atoms. The fraction of sp³-hybridized carbons (Fsp3) is 0.533. The van der Waals surface area contributed by atoms with Crippen LogP contribution in [0.1, 0.15) is 52.8 Å². The molecule has 0 saturated heterocycles. The number of thiazole rings is 1. The van der Waals surface area contributed by atoms with Crippen LogP contribution in [-0.2, 0) is 18.5 Å². The van der Waals surface area contributed by atoms with Crippen molar-refractivity contribution in [1.82, 2.24) is 20.1 Å². The largest absolute Gasteiger partial charge is 0.339 e. The number of aryl methyl sites for hydroxylation is 3. The van der Waals surface area contributed by atoms with Crippen molar-refractivity contribution in [3.05, 3.63) is 33.5 Å². The number of aromatic nitrogens is 3. The Labute approximate surface area is 128 Å². The van der Waals surface area contributed by atoms with Gasteiger partial charge in [-0.3, -0.25) is 9.48 Å². The lowest BCUT2D eigenvalue weighted by molar-refractivity contribution is 0.0906. The second-order valence-corrected chi connectivity index (χ2v) is 7.29. The van der Waals surface area contributed by atoms with Crippen molar-refractivity contribution in [2.24, 2.45) is 0 Å². The van der Waals surface area contributed by atoms with E-state index >= 15 is 0 Å². The maximum absolute atomic E-state index is 12.4. The standard InChI is InChI=1S/C15H20N4OS/c1-10-9-16-14(21-10)15(2,3)17-13(20)12-8-11-6-4-5-7-19(11)18-12/h8-9H,4-7H2,1-3H3,(H,17,20). The highest BCUT2D eigenvalue weighted by Crippen LogP contribution is 2.25. The van der Waals surface area contributed by atoms with Crippen LogP contribution < -0.4 is 5.32 Å². The van der Waals surface area contributed by atoms with E-state index in [2.05, 4.69) is 15.4 Å². The Hall–Kier alpha value is -1.69. The summed E-state index contributed by atoms with van der Waals surface area (Å²) in [5.74, 6) is -0.130. The summed E-state index contributed by atoms with van der Waals surface area (Å²) in [5.41, 5.74) is 1.18. The van der Waals surface area contributed by atoms with Crippen LogP contribution in [0.15, 0.2) is 12.3 Å². The molecule has 0 unspecified atom stereocenters. The van der Waals surface area contributed by atoms with E-state index in [0.29, 0.717) is 5.69 Å².